The zero-order valence-corrected chi connectivity index (χ0v) is 20.1. The fraction of sp³-hybridized carbons (Fsp3) is 0.500. The van der Waals surface area contributed by atoms with Crippen molar-refractivity contribution in [1.29, 1.82) is 0 Å². The Morgan fingerprint density at radius 2 is 1.91 bits per heavy atom. The van der Waals surface area contributed by atoms with Gasteiger partial charge in [-0.2, -0.15) is 0 Å². The Balaban J connectivity index is 1.51. The molecule has 180 valence electrons. The van der Waals surface area contributed by atoms with Gasteiger partial charge in [0.2, 0.25) is 0 Å². The van der Waals surface area contributed by atoms with E-state index in [-0.39, 0.29) is 18.7 Å². The number of urea groups is 1. The standard InChI is InChI=1S/C26H33N5O3/c1-17(2)22-15-31-25(28-22)24-23(12-20(13-27-24)29-10-8-19(16-32)9-11-29)30(26(31)33)14-18-4-6-21(34-3)7-5-18/h4-7,12-13,17,19,22,32H,8-11,14-16H2,1-3H3. The number of anilines is 2. The number of carbonyl (C=O) groups is 1. The summed E-state index contributed by atoms with van der Waals surface area (Å²) in [6.07, 6.45) is 3.82. The molecule has 0 bridgehead atoms. The second-order valence-corrected chi connectivity index (χ2v) is 9.77. The van der Waals surface area contributed by atoms with Gasteiger partial charge >= 0.3 is 6.03 Å². The number of fused-ring (bicyclic) bond motifs is 3. The molecule has 1 aromatic carbocycles. The molecule has 1 aromatic heterocycles. The van der Waals surface area contributed by atoms with E-state index < -0.39 is 0 Å². The van der Waals surface area contributed by atoms with Gasteiger partial charge in [0.15, 0.2) is 5.84 Å². The second-order valence-electron chi connectivity index (χ2n) is 9.77. The molecule has 34 heavy (non-hydrogen) atoms. The van der Waals surface area contributed by atoms with Crippen LogP contribution in [0.25, 0.3) is 0 Å². The van der Waals surface area contributed by atoms with Gasteiger partial charge in [-0.15, -0.1) is 0 Å². The number of methoxy groups -OCH3 is 1. The van der Waals surface area contributed by atoms with Crippen LogP contribution in [0.15, 0.2) is 41.5 Å². The SMILES string of the molecule is COc1ccc(CN2C(=O)N3CC(C(C)C)N=C3c3ncc(N4CCC(CO)CC4)cc32)cc1. The maximum Gasteiger partial charge on any atom is 0.330 e. The summed E-state index contributed by atoms with van der Waals surface area (Å²) in [5.74, 6) is 2.19. The van der Waals surface area contributed by atoms with E-state index in [9.17, 15) is 9.90 Å². The second kappa shape index (κ2) is 9.25. The molecule has 3 aliphatic heterocycles. The number of hydrogen-bond acceptors (Lipinski definition) is 6. The summed E-state index contributed by atoms with van der Waals surface area (Å²) in [5.41, 5.74) is 3.61. The molecule has 0 spiro atoms. The number of carbonyl (C=O) groups excluding carboxylic acids is 1. The molecular formula is C26H33N5O3. The lowest BCUT2D eigenvalue weighted by Gasteiger charge is -2.37. The zero-order chi connectivity index (χ0) is 23.8. The van der Waals surface area contributed by atoms with Crippen molar-refractivity contribution in [1.82, 2.24) is 9.88 Å². The lowest BCUT2D eigenvalue weighted by Crippen LogP contribution is -2.50. The number of nitrogens with zero attached hydrogens (tertiary/aromatic N) is 5. The molecule has 8 nitrogen and oxygen atoms in total. The molecule has 0 saturated carbocycles. The molecule has 3 aliphatic rings. The van der Waals surface area contributed by atoms with Crippen molar-refractivity contribution in [3.05, 3.63) is 47.8 Å². The van der Waals surface area contributed by atoms with Gasteiger partial charge in [0, 0.05) is 19.7 Å². The minimum absolute atomic E-state index is 0.0526. The van der Waals surface area contributed by atoms with Crippen molar-refractivity contribution in [2.24, 2.45) is 16.8 Å². The van der Waals surface area contributed by atoms with Crippen molar-refractivity contribution in [2.45, 2.75) is 39.3 Å². The van der Waals surface area contributed by atoms with E-state index in [0.29, 0.717) is 30.8 Å². The summed E-state index contributed by atoms with van der Waals surface area (Å²) < 4.78 is 5.29. The molecule has 2 amide bonds. The summed E-state index contributed by atoms with van der Waals surface area (Å²) >= 11 is 0. The number of aromatic nitrogens is 1. The van der Waals surface area contributed by atoms with Gasteiger partial charge in [-0.05, 0) is 48.4 Å². The maximum absolute atomic E-state index is 13.7. The van der Waals surface area contributed by atoms with Crippen LogP contribution >= 0.6 is 0 Å². The Bertz CT molecular complexity index is 1080. The molecule has 1 fully saturated rings. The first-order chi connectivity index (χ1) is 16.5. The van der Waals surface area contributed by atoms with Crippen LogP contribution in [0.3, 0.4) is 0 Å². The highest BCUT2D eigenvalue weighted by Crippen LogP contribution is 2.36. The van der Waals surface area contributed by atoms with Crippen LogP contribution in [0.1, 0.15) is 37.9 Å². The van der Waals surface area contributed by atoms with Gasteiger partial charge in [-0.1, -0.05) is 26.0 Å². The monoisotopic (exact) mass is 463 g/mol. The Kier molecular flexibility index (Phi) is 6.16. The van der Waals surface area contributed by atoms with Crippen LogP contribution in [0.2, 0.25) is 0 Å². The highest BCUT2D eigenvalue weighted by molar-refractivity contribution is 6.19. The van der Waals surface area contributed by atoms with E-state index in [4.69, 9.17) is 14.7 Å². The van der Waals surface area contributed by atoms with E-state index in [1.54, 1.807) is 12.0 Å². The molecule has 1 unspecified atom stereocenters. The lowest BCUT2D eigenvalue weighted by atomic mass is 9.97. The van der Waals surface area contributed by atoms with Gasteiger partial charge in [0.25, 0.3) is 0 Å². The predicted octanol–water partition coefficient (Wildman–Crippen LogP) is 3.53. The van der Waals surface area contributed by atoms with Crippen LogP contribution in [0.5, 0.6) is 5.75 Å². The molecule has 0 aliphatic carbocycles. The summed E-state index contributed by atoms with van der Waals surface area (Å²) in [6.45, 7) is 7.31. The van der Waals surface area contributed by atoms with Gasteiger partial charge in [-0.25, -0.2) is 9.78 Å². The molecule has 2 aromatic rings. The van der Waals surface area contributed by atoms with E-state index in [0.717, 1.165) is 54.3 Å². The van der Waals surface area contributed by atoms with Crippen molar-refractivity contribution in [3.63, 3.8) is 0 Å². The number of pyridine rings is 1. The third-order valence-electron chi connectivity index (χ3n) is 7.24. The molecular weight excluding hydrogens is 430 g/mol. The fourth-order valence-electron chi connectivity index (χ4n) is 4.94. The third-order valence-corrected chi connectivity index (χ3v) is 7.24. The minimum atomic E-state index is -0.0526. The first-order valence-electron chi connectivity index (χ1n) is 12.1. The van der Waals surface area contributed by atoms with Gasteiger partial charge in [0.05, 0.1) is 43.8 Å². The van der Waals surface area contributed by atoms with Gasteiger partial charge in [0.1, 0.15) is 11.4 Å². The fourth-order valence-corrected chi connectivity index (χ4v) is 4.94. The Morgan fingerprint density at radius 3 is 2.56 bits per heavy atom. The van der Waals surface area contributed by atoms with Crippen molar-refractivity contribution in [3.8, 4) is 5.75 Å². The third kappa shape index (κ3) is 4.11. The highest BCUT2D eigenvalue weighted by atomic mass is 16.5. The molecule has 1 saturated heterocycles. The minimum Gasteiger partial charge on any atom is -0.497 e. The van der Waals surface area contributed by atoms with Crippen LogP contribution in [0, 0.1) is 11.8 Å². The summed E-state index contributed by atoms with van der Waals surface area (Å²) in [4.78, 5) is 29.4. The predicted molar refractivity (Wildman–Crippen MR) is 133 cm³/mol. The smallest absolute Gasteiger partial charge is 0.330 e. The van der Waals surface area contributed by atoms with Crippen LogP contribution in [0.4, 0.5) is 16.2 Å². The van der Waals surface area contributed by atoms with Crippen molar-refractivity contribution < 1.29 is 14.6 Å². The number of piperidine rings is 1. The first kappa shape index (κ1) is 22.7. The van der Waals surface area contributed by atoms with Crippen molar-refractivity contribution >= 4 is 23.2 Å². The van der Waals surface area contributed by atoms with Crippen molar-refractivity contribution in [2.75, 3.05) is 43.2 Å². The average molecular weight is 464 g/mol. The molecule has 5 rings (SSSR count). The van der Waals surface area contributed by atoms with E-state index >= 15 is 0 Å². The van der Waals surface area contributed by atoms with Crippen LogP contribution in [-0.2, 0) is 6.54 Å². The van der Waals surface area contributed by atoms with Crippen LogP contribution < -0.4 is 14.5 Å². The zero-order valence-electron chi connectivity index (χ0n) is 20.1. The molecule has 4 heterocycles. The topological polar surface area (TPSA) is 81.5 Å². The number of aliphatic imine (C=N–C) groups is 1. The van der Waals surface area contributed by atoms with Gasteiger partial charge < -0.3 is 14.7 Å². The number of amides is 2. The summed E-state index contributed by atoms with van der Waals surface area (Å²) in [6, 6.07) is 9.94. The Labute approximate surface area is 200 Å². The largest absolute Gasteiger partial charge is 0.497 e. The number of amidine groups is 1. The molecule has 0 radical (unpaired) electrons. The number of aliphatic hydroxyl groups is 1. The maximum atomic E-state index is 13.7. The van der Waals surface area contributed by atoms with E-state index in [1.165, 1.54) is 0 Å². The number of rotatable bonds is 6. The lowest BCUT2D eigenvalue weighted by molar-refractivity contribution is 0.203. The van der Waals surface area contributed by atoms with E-state index in [2.05, 4.69) is 24.8 Å². The van der Waals surface area contributed by atoms with E-state index in [1.807, 2.05) is 35.4 Å². The quantitative estimate of drug-likeness (QED) is 0.709. The van der Waals surface area contributed by atoms with Crippen LogP contribution in [-0.4, -0.2) is 66.2 Å². The average Bonchev–Trinajstić information content (AvgIpc) is 3.33. The number of benzene rings is 1. The summed E-state index contributed by atoms with van der Waals surface area (Å²) in [5, 5.41) is 9.49. The molecule has 8 heteroatoms. The molecule has 1 atom stereocenters. The van der Waals surface area contributed by atoms with Gasteiger partial charge in [-0.3, -0.25) is 14.8 Å². The number of ether oxygens (including phenoxy) is 1. The Hall–Kier alpha value is -3.13. The highest BCUT2D eigenvalue weighted by Gasteiger charge is 2.42. The normalized spacial score (nSPS) is 20.5. The first-order valence-corrected chi connectivity index (χ1v) is 12.1. The number of hydrogen-bond donors (Lipinski definition) is 1. The Morgan fingerprint density at radius 1 is 1.18 bits per heavy atom. The summed E-state index contributed by atoms with van der Waals surface area (Å²) in [7, 11) is 1.65. The molecule has 1 N–H and O–H groups in total. The number of aliphatic hydroxyl groups excluding tert-OH is 1.